The molecule has 0 spiro atoms. The summed E-state index contributed by atoms with van der Waals surface area (Å²) in [5.41, 5.74) is 0. The Balaban J connectivity index is 1.72. The number of hydrogen-bond acceptors (Lipinski definition) is 3. The van der Waals surface area contributed by atoms with Gasteiger partial charge >= 0.3 is 0 Å². The third kappa shape index (κ3) is 5.54. The number of hydrogen-bond donors (Lipinski definition) is 1. The highest BCUT2D eigenvalue weighted by atomic mass is 16.4. The van der Waals surface area contributed by atoms with Crippen LogP contribution >= 0.6 is 0 Å². The van der Waals surface area contributed by atoms with Crippen molar-refractivity contribution < 1.29 is 9.21 Å². The average molecular weight is 292 g/mol. The fraction of sp³-hybridized carbons (Fsp3) is 0.706. The highest BCUT2D eigenvalue weighted by Gasteiger charge is 2.14. The zero-order chi connectivity index (χ0) is 14.9. The first-order valence-corrected chi connectivity index (χ1v) is 8.39. The highest BCUT2D eigenvalue weighted by Crippen LogP contribution is 2.15. The third-order valence-corrected chi connectivity index (χ3v) is 4.03. The molecule has 0 unspecified atom stereocenters. The predicted octanol–water partition coefficient (Wildman–Crippen LogP) is 3.58. The molecule has 0 saturated carbocycles. The first-order chi connectivity index (χ1) is 10.3. The van der Waals surface area contributed by atoms with Gasteiger partial charge in [0.2, 0.25) is 0 Å². The molecule has 1 fully saturated rings. The number of rotatable bonds is 8. The van der Waals surface area contributed by atoms with Gasteiger partial charge in [0.1, 0.15) is 5.76 Å². The van der Waals surface area contributed by atoms with Crippen molar-refractivity contribution in [2.75, 3.05) is 19.6 Å². The van der Waals surface area contributed by atoms with Gasteiger partial charge in [-0.2, -0.15) is 0 Å². The lowest BCUT2D eigenvalue weighted by Crippen LogP contribution is -2.28. The molecule has 4 heteroatoms. The average Bonchev–Trinajstić information content (AvgIpc) is 2.96. The quantitative estimate of drug-likeness (QED) is 0.745. The lowest BCUT2D eigenvalue weighted by molar-refractivity contribution is 0.0920. The summed E-state index contributed by atoms with van der Waals surface area (Å²) in [6.07, 6.45) is 8.54. The van der Waals surface area contributed by atoms with E-state index in [4.69, 9.17) is 4.42 Å². The Kier molecular flexibility index (Phi) is 6.80. The van der Waals surface area contributed by atoms with Crippen molar-refractivity contribution in [1.29, 1.82) is 0 Å². The SMILES string of the molecule is CCCCCCNC(=O)c1ccc(CN2CCCCC2)o1. The molecule has 1 N–H and O–H groups in total. The van der Waals surface area contributed by atoms with Gasteiger partial charge in [0.25, 0.3) is 5.91 Å². The number of amides is 1. The number of likely N-dealkylation sites (tertiary alicyclic amines) is 1. The summed E-state index contributed by atoms with van der Waals surface area (Å²) in [4.78, 5) is 14.4. The van der Waals surface area contributed by atoms with Crippen LogP contribution in [0.4, 0.5) is 0 Å². The molecular weight excluding hydrogens is 264 g/mol. The van der Waals surface area contributed by atoms with Gasteiger partial charge in [0.05, 0.1) is 6.54 Å². The molecule has 1 aromatic rings. The summed E-state index contributed by atoms with van der Waals surface area (Å²) >= 11 is 0. The number of carbonyl (C=O) groups excluding carboxylic acids is 1. The number of piperidine rings is 1. The Morgan fingerprint density at radius 2 is 2.00 bits per heavy atom. The molecule has 1 aromatic heterocycles. The summed E-state index contributed by atoms with van der Waals surface area (Å²) in [5, 5.41) is 2.93. The molecule has 1 amide bonds. The Hall–Kier alpha value is -1.29. The van der Waals surface area contributed by atoms with Crippen LogP contribution in [0.15, 0.2) is 16.5 Å². The zero-order valence-corrected chi connectivity index (χ0v) is 13.2. The number of nitrogens with one attached hydrogen (secondary N) is 1. The molecule has 1 aliphatic heterocycles. The summed E-state index contributed by atoms with van der Waals surface area (Å²) < 4.78 is 5.67. The van der Waals surface area contributed by atoms with Crippen LogP contribution in [0.3, 0.4) is 0 Å². The molecule has 21 heavy (non-hydrogen) atoms. The summed E-state index contributed by atoms with van der Waals surface area (Å²) in [7, 11) is 0. The van der Waals surface area contributed by atoms with Crippen molar-refractivity contribution in [2.45, 2.75) is 58.4 Å². The van der Waals surface area contributed by atoms with Crippen molar-refractivity contribution in [1.82, 2.24) is 10.2 Å². The predicted molar refractivity (Wildman–Crippen MR) is 84.3 cm³/mol. The number of unbranched alkanes of at least 4 members (excludes halogenated alkanes) is 3. The van der Waals surface area contributed by atoms with Crippen LogP contribution in [-0.2, 0) is 6.54 Å². The molecule has 0 atom stereocenters. The van der Waals surface area contributed by atoms with Crippen LogP contribution in [-0.4, -0.2) is 30.4 Å². The van der Waals surface area contributed by atoms with Crippen LogP contribution in [0.5, 0.6) is 0 Å². The van der Waals surface area contributed by atoms with Gasteiger partial charge in [0, 0.05) is 6.54 Å². The Morgan fingerprint density at radius 1 is 1.19 bits per heavy atom. The maximum Gasteiger partial charge on any atom is 0.286 e. The van der Waals surface area contributed by atoms with Crippen LogP contribution < -0.4 is 5.32 Å². The minimum atomic E-state index is -0.0867. The lowest BCUT2D eigenvalue weighted by Gasteiger charge is -2.25. The first kappa shape index (κ1) is 16.1. The Bertz CT molecular complexity index is 422. The zero-order valence-electron chi connectivity index (χ0n) is 13.2. The number of nitrogens with zero attached hydrogens (tertiary/aromatic N) is 1. The van der Waals surface area contributed by atoms with E-state index in [0.717, 1.165) is 38.4 Å². The van der Waals surface area contributed by atoms with Gasteiger partial charge in [-0.1, -0.05) is 32.6 Å². The molecule has 0 aliphatic carbocycles. The molecule has 2 heterocycles. The van der Waals surface area contributed by atoms with Gasteiger partial charge in [-0.3, -0.25) is 9.69 Å². The highest BCUT2D eigenvalue weighted by molar-refractivity contribution is 5.91. The van der Waals surface area contributed by atoms with Crippen LogP contribution in [0.25, 0.3) is 0 Å². The van der Waals surface area contributed by atoms with E-state index >= 15 is 0 Å². The van der Waals surface area contributed by atoms with Crippen molar-refractivity contribution >= 4 is 5.91 Å². The molecular formula is C17H28N2O2. The normalized spacial score (nSPS) is 16.0. The van der Waals surface area contributed by atoms with E-state index in [9.17, 15) is 4.79 Å². The van der Waals surface area contributed by atoms with Crippen LogP contribution in [0.1, 0.15) is 68.2 Å². The van der Waals surface area contributed by atoms with Gasteiger partial charge < -0.3 is 9.73 Å². The van der Waals surface area contributed by atoms with Gasteiger partial charge in [-0.15, -0.1) is 0 Å². The van der Waals surface area contributed by atoms with E-state index in [1.165, 1.54) is 38.5 Å². The van der Waals surface area contributed by atoms with E-state index in [1.807, 2.05) is 6.07 Å². The number of carbonyl (C=O) groups is 1. The fourth-order valence-electron chi connectivity index (χ4n) is 2.76. The van der Waals surface area contributed by atoms with Crippen molar-refractivity contribution in [2.24, 2.45) is 0 Å². The van der Waals surface area contributed by atoms with E-state index < -0.39 is 0 Å². The smallest absolute Gasteiger partial charge is 0.286 e. The van der Waals surface area contributed by atoms with Crippen molar-refractivity contribution in [3.8, 4) is 0 Å². The number of furan rings is 1. The van der Waals surface area contributed by atoms with Gasteiger partial charge in [-0.25, -0.2) is 0 Å². The van der Waals surface area contributed by atoms with Crippen LogP contribution in [0.2, 0.25) is 0 Å². The third-order valence-electron chi connectivity index (χ3n) is 4.03. The second kappa shape index (κ2) is 8.88. The van der Waals surface area contributed by atoms with Crippen molar-refractivity contribution in [3.63, 3.8) is 0 Å². The second-order valence-corrected chi connectivity index (χ2v) is 5.92. The van der Waals surface area contributed by atoms with E-state index in [2.05, 4.69) is 17.1 Å². The Labute approximate surface area is 127 Å². The second-order valence-electron chi connectivity index (χ2n) is 5.92. The fourth-order valence-corrected chi connectivity index (χ4v) is 2.76. The van der Waals surface area contributed by atoms with E-state index in [-0.39, 0.29) is 5.91 Å². The van der Waals surface area contributed by atoms with Gasteiger partial charge in [-0.05, 0) is 44.5 Å². The summed E-state index contributed by atoms with van der Waals surface area (Å²) in [6, 6.07) is 3.72. The molecule has 0 bridgehead atoms. The van der Waals surface area contributed by atoms with Crippen molar-refractivity contribution in [3.05, 3.63) is 23.7 Å². The minimum absolute atomic E-state index is 0.0867. The van der Waals surface area contributed by atoms with E-state index in [1.54, 1.807) is 6.07 Å². The maximum absolute atomic E-state index is 12.0. The monoisotopic (exact) mass is 292 g/mol. The molecule has 2 rings (SSSR count). The summed E-state index contributed by atoms with van der Waals surface area (Å²) in [6.45, 7) is 6.02. The standard InChI is InChI=1S/C17H28N2O2/c1-2-3-4-6-11-18-17(20)16-10-9-15(21-16)14-19-12-7-5-8-13-19/h9-10H,2-8,11-14H2,1H3,(H,18,20). The molecule has 1 saturated heterocycles. The lowest BCUT2D eigenvalue weighted by atomic mass is 10.1. The first-order valence-electron chi connectivity index (χ1n) is 8.39. The Morgan fingerprint density at radius 3 is 2.76 bits per heavy atom. The van der Waals surface area contributed by atoms with Crippen LogP contribution in [0, 0.1) is 0 Å². The largest absolute Gasteiger partial charge is 0.455 e. The molecule has 0 aromatic carbocycles. The molecule has 0 radical (unpaired) electrons. The topological polar surface area (TPSA) is 45.5 Å². The maximum atomic E-state index is 12.0. The molecule has 118 valence electrons. The van der Waals surface area contributed by atoms with E-state index in [0.29, 0.717) is 5.76 Å². The minimum Gasteiger partial charge on any atom is -0.455 e. The molecule has 4 nitrogen and oxygen atoms in total. The molecule has 1 aliphatic rings. The van der Waals surface area contributed by atoms with Gasteiger partial charge in [0.15, 0.2) is 5.76 Å². The summed E-state index contributed by atoms with van der Waals surface area (Å²) in [5.74, 6) is 1.25.